The van der Waals surface area contributed by atoms with Gasteiger partial charge in [-0.2, -0.15) is 0 Å². The molecule has 0 bridgehead atoms. The number of rotatable bonds is 1. The molecule has 0 heterocycles. The van der Waals surface area contributed by atoms with E-state index in [-0.39, 0.29) is 5.78 Å². The van der Waals surface area contributed by atoms with Crippen molar-refractivity contribution in [1.82, 2.24) is 0 Å². The van der Waals surface area contributed by atoms with Crippen molar-refractivity contribution in [2.45, 2.75) is 19.4 Å². The van der Waals surface area contributed by atoms with Crippen LogP contribution in [0, 0.1) is 11.8 Å². The van der Waals surface area contributed by atoms with Crippen molar-refractivity contribution in [3.63, 3.8) is 0 Å². The predicted molar refractivity (Wildman–Crippen MR) is 54.6 cm³/mol. The van der Waals surface area contributed by atoms with Crippen LogP contribution >= 0.6 is 0 Å². The molecular formula is C12H12O2. The number of hydrogen-bond donors (Lipinski definition) is 1. The molecule has 1 atom stereocenters. The lowest BCUT2D eigenvalue weighted by atomic mass is 10.0. The van der Waals surface area contributed by atoms with Crippen LogP contribution in [0.15, 0.2) is 30.3 Å². The molecule has 0 radical (unpaired) electrons. The number of ketones is 1. The van der Waals surface area contributed by atoms with E-state index in [2.05, 4.69) is 11.8 Å². The zero-order valence-electron chi connectivity index (χ0n) is 8.24. The van der Waals surface area contributed by atoms with Crippen molar-refractivity contribution in [3.8, 4) is 11.8 Å². The number of benzene rings is 1. The van der Waals surface area contributed by atoms with Crippen LogP contribution in [0.1, 0.15) is 19.4 Å². The first-order valence-electron chi connectivity index (χ1n) is 4.34. The first kappa shape index (κ1) is 10.5. The average Bonchev–Trinajstić information content (AvgIpc) is 2.16. The van der Waals surface area contributed by atoms with Gasteiger partial charge in [0.05, 0.1) is 0 Å². The molecule has 1 aromatic carbocycles. The fraction of sp³-hybridized carbons (Fsp3) is 0.250. The first-order valence-corrected chi connectivity index (χ1v) is 4.34. The van der Waals surface area contributed by atoms with Gasteiger partial charge in [0.2, 0.25) is 0 Å². The summed E-state index contributed by atoms with van der Waals surface area (Å²) in [6.07, 6.45) is 0. The highest BCUT2D eigenvalue weighted by molar-refractivity contribution is 5.87. The molecule has 0 amide bonds. The molecule has 2 nitrogen and oxygen atoms in total. The number of carbonyl (C=O) groups is 1. The lowest BCUT2D eigenvalue weighted by molar-refractivity contribution is -0.128. The van der Waals surface area contributed by atoms with Crippen molar-refractivity contribution >= 4 is 5.78 Å². The van der Waals surface area contributed by atoms with Crippen molar-refractivity contribution in [2.75, 3.05) is 0 Å². The van der Waals surface area contributed by atoms with E-state index < -0.39 is 5.60 Å². The topological polar surface area (TPSA) is 37.3 Å². The van der Waals surface area contributed by atoms with E-state index in [9.17, 15) is 9.90 Å². The van der Waals surface area contributed by atoms with Gasteiger partial charge >= 0.3 is 0 Å². The van der Waals surface area contributed by atoms with Crippen molar-refractivity contribution < 1.29 is 9.90 Å². The van der Waals surface area contributed by atoms with E-state index in [1.54, 1.807) is 0 Å². The Balaban J connectivity index is 2.89. The van der Waals surface area contributed by atoms with Crippen LogP contribution in [0.5, 0.6) is 0 Å². The maximum absolute atomic E-state index is 10.9. The first-order chi connectivity index (χ1) is 6.52. The SMILES string of the molecule is CC(=O)C(C)(O)C#Cc1ccccc1. The zero-order valence-corrected chi connectivity index (χ0v) is 8.24. The summed E-state index contributed by atoms with van der Waals surface area (Å²) in [5.41, 5.74) is -0.760. The lowest BCUT2D eigenvalue weighted by Gasteiger charge is -2.10. The van der Waals surface area contributed by atoms with Gasteiger partial charge in [-0.3, -0.25) is 4.79 Å². The maximum atomic E-state index is 10.9. The smallest absolute Gasteiger partial charge is 0.181 e. The van der Waals surface area contributed by atoms with Crippen molar-refractivity contribution in [1.29, 1.82) is 0 Å². The minimum Gasteiger partial charge on any atom is -0.371 e. The fourth-order valence-corrected chi connectivity index (χ4v) is 0.803. The Morgan fingerprint density at radius 1 is 1.36 bits per heavy atom. The zero-order chi connectivity index (χ0) is 10.6. The summed E-state index contributed by atoms with van der Waals surface area (Å²) >= 11 is 0. The van der Waals surface area contributed by atoms with Crippen LogP contribution in [0.2, 0.25) is 0 Å². The van der Waals surface area contributed by atoms with Crippen LogP contribution < -0.4 is 0 Å². The minimum atomic E-state index is -1.55. The van der Waals surface area contributed by atoms with E-state index >= 15 is 0 Å². The van der Waals surface area contributed by atoms with E-state index in [0.29, 0.717) is 0 Å². The number of hydrogen-bond acceptors (Lipinski definition) is 2. The molecule has 2 heteroatoms. The highest BCUT2D eigenvalue weighted by Crippen LogP contribution is 2.03. The fourth-order valence-electron chi connectivity index (χ4n) is 0.803. The highest BCUT2D eigenvalue weighted by atomic mass is 16.3. The summed E-state index contributed by atoms with van der Waals surface area (Å²) in [4.78, 5) is 10.9. The lowest BCUT2D eigenvalue weighted by Crippen LogP contribution is -2.30. The van der Waals surface area contributed by atoms with Gasteiger partial charge in [0.25, 0.3) is 0 Å². The monoisotopic (exact) mass is 188 g/mol. The third kappa shape index (κ3) is 2.72. The van der Waals surface area contributed by atoms with Gasteiger partial charge in [-0.25, -0.2) is 0 Å². The maximum Gasteiger partial charge on any atom is 0.181 e. The second kappa shape index (κ2) is 4.08. The van der Waals surface area contributed by atoms with Gasteiger partial charge < -0.3 is 5.11 Å². The summed E-state index contributed by atoms with van der Waals surface area (Å²) in [5, 5.41) is 9.53. The third-order valence-electron chi connectivity index (χ3n) is 1.91. The Kier molecular flexibility index (Phi) is 3.06. The second-order valence-electron chi connectivity index (χ2n) is 3.24. The molecule has 0 aliphatic rings. The van der Waals surface area contributed by atoms with Crippen molar-refractivity contribution in [2.24, 2.45) is 0 Å². The van der Waals surface area contributed by atoms with Crippen LogP contribution in [0.25, 0.3) is 0 Å². The largest absolute Gasteiger partial charge is 0.371 e. The summed E-state index contributed by atoms with van der Waals surface area (Å²) in [5.74, 6) is 4.93. The molecule has 0 fully saturated rings. The van der Waals surface area contributed by atoms with Crippen LogP contribution in [-0.2, 0) is 4.79 Å². The normalized spacial score (nSPS) is 13.6. The Labute approximate surface area is 83.6 Å². The van der Waals surface area contributed by atoms with E-state index in [4.69, 9.17) is 0 Å². The Morgan fingerprint density at radius 3 is 2.43 bits per heavy atom. The summed E-state index contributed by atoms with van der Waals surface area (Å²) in [7, 11) is 0. The van der Waals surface area contributed by atoms with Gasteiger partial charge in [-0.05, 0) is 26.0 Å². The van der Waals surface area contributed by atoms with E-state index in [1.165, 1.54) is 13.8 Å². The molecule has 72 valence electrons. The molecule has 14 heavy (non-hydrogen) atoms. The summed E-state index contributed by atoms with van der Waals surface area (Å²) < 4.78 is 0. The van der Waals surface area contributed by atoms with Crippen molar-refractivity contribution in [3.05, 3.63) is 35.9 Å². The number of Topliss-reactive ketones (excluding diaryl/α,β-unsaturated/α-hetero) is 1. The molecule has 0 aromatic heterocycles. The molecule has 1 unspecified atom stereocenters. The molecule has 0 spiro atoms. The van der Waals surface area contributed by atoms with Crippen LogP contribution in [0.3, 0.4) is 0 Å². The molecule has 0 saturated heterocycles. The summed E-state index contributed by atoms with van der Waals surface area (Å²) in [6.45, 7) is 2.71. The summed E-state index contributed by atoms with van der Waals surface area (Å²) in [6, 6.07) is 9.24. The van der Waals surface area contributed by atoms with E-state index in [0.717, 1.165) is 5.56 Å². The van der Waals surface area contributed by atoms with Gasteiger partial charge in [0.15, 0.2) is 11.4 Å². The highest BCUT2D eigenvalue weighted by Gasteiger charge is 2.22. The minimum absolute atomic E-state index is 0.346. The number of aliphatic hydroxyl groups is 1. The van der Waals surface area contributed by atoms with Crippen LogP contribution in [-0.4, -0.2) is 16.5 Å². The predicted octanol–water partition coefficient (Wildman–Crippen LogP) is 1.38. The Bertz CT molecular complexity index is 380. The van der Waals surface area contributed by atoms with Gasteiger partial charge in [-0.15, -0.1) is 0 Å². The quantitative estimate of drug-likeness (QED) is 0.676. The molecule has 1 N–H and O–H groups in total. The molecule has 1 rings (SSSR count). The van der Waals surface area contributed by atoms with Gasteiger partial charge in [-0.1, -0.05) is 30.0 Å². The Morgan fingerprint density at radius 2 is 1.93 bits per heavy atom. The van der Waals surface area contributed by atoms with Gasteiger partial charge in [0, 0.05) is 5.56 Å². The molecular weight excluding hydrogens is 176 g/mol. The standard InChI is InChI=1S/C12H12O2/c1-10(13)12(2,14)9-8-11-6-4-3-5-7-11/h3-7,14H,1-2H3. The third-order valence-corrected chi connectivity index (χ3v) is 1.91. The average molecular weight is 188 g/mol. The second-order valence-corrected chi connectivity index (χ2v) is 3.24. The molecule has 0 aliphatic heterocycles. The Hall–Kier alpha value is -1.59. The van der Waals surface area contributed by atoms with E-state index in [1.807, 2.05) is 30.3 Å². The number of carbonyl (C=O) groups excluding carboxylic acids is 1. The van der Waals surface area contributed by atoms with Gasteiger partial charge in [0.1, 0.15) is 0 Å². The molecule has 0 saturated carbocycles. The molecule has 0 aliphatic carbocycles. The van der Waals surface area contributed by atoms with Crippen LogP contribution in [0.4, 0.5) is 0 Å². The molecule has 1 aromatic rings.